The zero-order valence-corrected chi connectivity index (χ0v) is 13.1. The van der Waals surface area contributed by atoms with E-state index >= 15 is 0 Å². The molecule has 5 nitrogen and oxygen atoms in total. The maximum absolute atomic E-state index is 12.2. The van der Waals surface area contributed by atoms with E-state index in [2.05, 4.69) is 0 Å². The summed E-state index contributed by atoms with van der Waals surface area (Å²) < 4.78 is 0. The van der Waals surface area contributed by atoms with Crippen molar-refractivity contribution in [2.24, 2.45) is 0 Å². The molecule has 0 N–H and O–H groups in total. The third-order valence-corrected chi connectivity index (χ3v) is 3.60. The Morgan fingerprint density at radius 2 is 1.76 bits per heavy atom. The quantitative estimate of drug-likeness (QED) is 0.619. The minimum absolute atomic E-state index is 0.118. The fourth-order valence-electron chi connectivity index (χ4n) is 1.97. The van der Waals surface area contributed by atoms with Crippen LogP contribution in [0.25, 0.3) is 0 Å². The van der Waals surface area contributed by atoms with Crippen LogP contribution in [0.2, 0.25) is 10.0 Å². The average Bonchev–Trinajstić information content (AvgIpc) is 2.70. The van der Waals surface area contributed by atoms with E-state index in [9.17, 15) is 14.4 Å². The number of imide groups is 2. The molecule has 1 fully saturated rings. The summed E-state index contributed by atoms with van der Waals surface area (Å²) in [5.41, 5.74) is 0.246. The maximum Gasteiger partial charge on any atom is 0.338 e. The molecule has 21 heavy (non-hydrogen) atoms. The second kappa shape index (κ2) is 6.64. The van der Waals surface area contributed by atoms with Crippen LogP contribution < -0.4 is 4.90 Å². The molecule has 1 aliphatic rings. The number of hydrogen-bond donors (Lipinski definition) is 0. The highest BCUT2D eigenvalue weighted by atomic mass is 35.5. The number of urea groups is 1. The third kappa shape index (κ3) is 3.48. The minimum Gasteiger partial charge on any atom is -0.274 e. The lowest BCUT2D eigenvalue weighted by Gasteiger charge is -2.16. The zero-order valence-electron chi connectivity index (χ0n) is 10.8. The predicted molar refractivity (Wildman–Crippen MR) is 81.0 cm³/mol. The van der Waals surface area contributed by atoms with Crippen LogP contribution in [0.4, 0.5) is 10.5 Å². The van der Waals surface area contributed by atoms with Gasteiger partial charge in [-0.15, -0.1) is 11.6 Å². The van der Waals surface area contributed by atoms with Gasteiger partial charge < -0.3 is 0 Å². The highest BCUT2D eigenvalue weighted by Gasteiger charge is 2.40. The van der Waals surface area contributed by atoms with Gasteiger partial charge in [0.1, 0.15) is 6.54 Å². The Kier molecular flexibility index (Phi) is 5.08. The molecule has 1 aromatic rings. The van der Waals surface area contributed by atoms with Crippen molar-refractivity contribution in [3.63, 3.8) is 0 Å². The summed E-state index contributed by atoms with van der Waals surface area (Å²) >= 11 is 17.2. The molecule has 0 unspecified atom stereocenters. The topological polar surface area (TPSA) is 57.7 Å². The van der Waals surface area contributed by atoms with Gasteiger partial charge in [-0.1, -0.05) is 23.2 Å². The van der Waals surface area contributed by atoms with Gasteiger partial charge in [-0.3, -0.25) is 14.5 Å². The molecule has 0 bridgehead atoms. The van der Waals surface area contributed by atoms with Crippen molar-refractivity contribution in [3.8, 4) is 0 Å². The number of carbonyl (C=O) groups excluding carboxylic acids is 3. The number of rotatable bonds is 4. The summed E-state index contributed by atoms with van der Waals surface area (Å²) in [6.45, 7) is -0.288. The van der Waals surface area contributed by atoms with Crippen LogP contribution in [0.1, 0.15) is 12.8 Å². The van der Waals surface area contributed by atoms with Crippen molar-refractivity contribution >= 4 is 58.3 Å². The summed E-state index contributed by atoms with van der Waals surface area (Å²) in [6, 6.07) is 3.67. The van der Waals surface area contributed by atoms with Gasteiger partial charge in [-0.25, -0.2) is 9.69 Å². The monoisotopic (exact) mass is 348 g/mol. The SMILES string of the molecule is O=C(CCCCl)N1CC(=O)N(c2cc(Cl)cc(Cl)c2)C1=O. The molecule has 1 aromatic carbocycles. The number of benzene rings is 1. The minimum atomic E-state index is -0.696. The van der Waals surface area contributed by atoms with Gasteiger partial charge in [0, 0.05) is 22.3 Å². The molecule has 0 radical (unpaired) electrons. The molecule has 0 aliphatic carbocycles. The van der Waals surface area contributed by atoms with E-state index < -0.39 is 17.8 Å². The fraction of sp³-hybridized carbons (Fsp3) is 0.308. The molecule has 1 saturated heterocycles. The van der Waals surface area contributed by atoms with E-state index in [-0.39, 0.29) is 18.7 Å². The summed E-state index contributed by atoms with van der Waals surface area (Å²) in [4.78, 5) is 37.9. The lowest BCUT2D eigenvalue weighted by Crippen LogP contribution is -2.36. The molecule has 4 amide bonds. The summed E-state index contributed by atoms with van der Waals surface area (Å²) in [6.07, 6.45) is 0.564. The van der Waals surface area contributed by atoms with Gasteiger partial charge in [0.25, 0.3) is 5.91 Å². The number of nitrogens with zero attached hydrogens (tertiary/aromatic N) is 2. The van der Waals surface area contributed by atoms with Gasteiger partial charge in [0.05, 0.1) is 5.69 Å². The summed E-state index contributed by atoms with van der Waals surface area (Å²) in [5.74, 6) is -0.614. The van der Waals surface area contributed by atoms with Crippen LogP contribution in [0, 0.1) is 0 Å². The molecular weight excluding hydrogens is 339 g/mol. The second-order valence-corrected chi connectivity index (χ2v) is 5.66. The number of amides is 4. The van der Waals surface area contributed by atoms with Crippen LogP contribution in [-0.2, 0) is 9.59 Å². The van der Waals surface area contributed by atoms with Crippen molar-refractivity contribution in [1.29, 1.82) is 0 Å². The van der Waals surface area contributed by atoms with E-state index in [4.69, 9.17) is 34.8 Å². The van der Waals surface area contributed by atoms with E-state index in [1.165, 1.54) is 18.2 Å². The van der Waals surface area contributed by atoms with E-state index in [0.29, 0.717) is 22.3 Å². The van der Waals surface area contributed by atoms with E-state index in [1.54, 1.807) is 0 Å². The van der Waals surface area contributed by atoms with E-state index in [1.807, 2.05) is 0 Å². The highest BCUT2D eigenvalue weighted by molar-refractivity contribution is 6.35. The number of carbonyl (C=O) groups is 3. The Morgan fingerprint density at radius 1 is 1.14 bits per heavy atom. The van der Waals surface area contributed by atoms with Gasteiger partial charge in [0.2, 0.25) is 5.91 Å². The molecular formula is C13H11Cl3N2O3. The zero-order chi connectivity index (χ0) is 15.6. The first-order valence-corrected chi connectivity index (χ1v) is 7.42. The first-order valence-electron chi connectivity index (χ1n) is 6.13. The number of hydrogen-bond acceptors (Lipinski definition) is 3. The Bertz CT molecular complexity index is 586. The third-order valence-electron chi connectivity index (χ3n) is 2.90. The molecule has 0 aromatic heterocycles. The largest absolute Gasteiger partial charge is 0.338 e. The molecule has 112 valence electrons. The van der Waals surface area contributed by atoms with Crippen molar-refractivity contribution in [2.75, 3.05) is 17.3 Å². The molecule has 8 heteroatoms. The van der Waals surface area contributed by atoms with Crippen molar-refractivity contribution < 1.29 is 14.4 Å². The summed E-state index contributed by atoms with van der Waals surface area (Å²) in [7, 11) is 0. The normalized spacial score (nSPS) is 15.0. The average molecular weight is 350 g/mol. The molecule has 1 heterocycles. The van der Waals surface area contributed by atoms with Gasteiger partial charge in [-0.2, -0.15) is 0 Å². The van der Waals surface area contributed by atoms with Crippen molar-refractivity contribution in [2.45, 2.75) is 12.8 Å². The van der Waals surface area contributed by atoms with Gasteiger partial charge in [-0.05, 0) is 24.6 Å². The Balaban J connectivity index is 2.24. The number of alkyl halides is 1. The number of anilines is 1. The van der Waals surface area contributed by atoms with Crippen LogP contribution >= 0.6 is 34.8 Å². The molecule has 0 atom stereocenters. The lowest BCUT2D eigenvalue weighted by atomic mass is 10.3. The van der Waals surface area contributed by atoms with E-state index in [0.717, 1.165) is 9.80 Å². The highest BCUT2D eigenvalue weighted by Crippen LogP contribution is 2.28. The maximum atomic E-state index is 12.2. The standard InChI is InChI=1S/C13H11Cl3N2O3/c14-3-1-2-11(19)17-7-12(20)18(13(17)21)10-5-8(15)4-9(16)6-10/h4-6H,1-3,7H2. The van der Waals surface area contributed by atoms with Gasteiger partial charge >= 0.3 is 6.03 Å². The molecule has 0 spiro atoms. The number of halogens is 3. The van der Waals surface area contributed by atoms with Crippen LogP contribution in [0.3, 0.4) is 0 Å². The van der Waals surface area contributed by atoms with Crippen LogP contribution in [-0.4, -0.2) is 35.2 Å². The fourth-order valence-corrected chi connectivity index (χ4v) is 2.62. The molecule has 1 aliphatic heterocycles. The second-order valence-electron chi connectivity index (χ2n) is 4.41. The van der Waals surface area contributed by atoms with Crippen LogP contribution in [0.5, 0.6) is 0 Å². The van der Waals surface area contributed by atoms with Gasteiger partial charge in [0.15, 0.2) is 0 Å². The molecule has 2 rings (SSSR count). The lowest BCUT2D eigenvalue weighted by molar-refractivity contribution is -0.129. The first kappa shape index (κ1) is 16.1. The smallest absolute Gasteiger partial charge is 0.274 e. The summed E-state index contributed by atoms with van der Waals surface area (Å²) in [5, 5.41) is 0.593. The predicted octanol–water partition coefficient (Wildman–Crippen LogP) is 3.31. The Labute approximate surface area is 136 Å². The Morgan fingerprint density at radius 3 is 2.33 bits per heavy atom. The first-order chi connectivity index (χ1) is 9.93. The Hall–Kier alpha value is -1.30. The van der Waals surface area contributed by atoms with Crippen molar-refractivity contribution in [3.05, 3.63) is 28.2 Å². The molecule has 0 saturated carbocycles. The van der Waals surface area contributed by atoms with Crippen molar-refractivity contribution in [1.82, 2.24) is 4.90 Å². The van der Waals surface area contributed by atoms with Crippen LogP contribution in [0.15, 0.2) is 18.2 Å².